The first-order chi connectivity index (χ1) is 14.0. The van der Waals surface area contributed by atoms with Crippen molar-refractivity contribution in [3.8, 4) is 0 Å². The van der Waals surface area contributed by atoms with Crippen molar-refractivity contribution in [2.45, 2.75) is 77.4 Å². The molecule has 1 atom stereocenters. The number of hydrogen-bond donors (Lipinski definition) is 1. The number of nitro groups is 1. The first kappa shape index (κ1) is 22.1. The minimum absolute atomic E-state index is 0.0133. The quantitative estimate of drug-likeness (QED) is 0.439. The Balaban J connectivity index is 1.81. The van der Waals surface area contributed by atoms with Gasteiger partial charge in [-0.25, -0.2) is 0 Å². The minimum atomic E-state index is -0.475. The third-order valence-electron chi connectivity index (χ3n) is 5.62. The van der Waals surface area contributed by atoms with Crippen molar-refractivity contribution < 1.29 is 15.0 Å². The highest BCUT2D eigenvalue weighted by Gasteiger charge is 2.42. The SMILES string of the molecule is CCCC1=NN(c2ccc([N+](=O)[O-])cc2)C(=O)[C@H]1C=NC1CC(C)(C)[NH2+]C(C)(C)C1. The molecule has 0 bridgehead atoms. The fraction of sp³-hybridized carbons (Fsp3) is 0.591. The van der Waals surface area contributed by atoms with E-state index in [0.717, 1.165) is 25.0 Å². The Morgan fingerprint density at radius 3 is 2.37 bits per heavy atom. The van der Waals surface area contributed by atoms with E-state index in [1.807, 2.05) is 0 Å². The molecule has 3 rings (SSSR count). The average Bonchev–Trinajstić information content (AvgIpc) is 2.93. The van der Waals surface area contributed by atoms with Gasteiger partial charge in [-0.05, 0) is 46.2 Å². The summed E-state index contributed by atoms with van der Waals surface area (Å²) in [4.78, 5) is 28.4. The lowest BCUT2D eigenvalue weighted by atomic mass is 9.80. The van der Waals surface area contributed by atoms with Crippen molar-refractivity contribution in [3.63, 3.8) is 0 Å². The molecule has 1 aromatic carbocycles. The standard InChI is InChI=1S/C22H31N5O3/c1-6-7-19-18(14-23-15-12-21(2,3)25-22(4,5)13-15)20(28)26(24-19)16-8-10-17(11-9-16)27(29)30/h8-11,14-15,18,25H,6-7,12-13H2,1-5H3/p+1/t18-/m0/s1. The van der Waals surface area contributed by atoms with Gasteiger partial charge >= 0.3 is 0 Å². The van der Waals surface area contributed by atoms with Gasteiger partial charge in [0.1, 0.15) is 5.92 Å². The number of non-ortho nitro benzene ring substituents is 1. The second-order valence-corrected chi connectivity index (χ2v) is 9.72. The lowest BCUT2D eigenvalue weighted by molar-refractivity contribution is -0.787. The lowest BCUT2D eigenvalue weighted by Crippen LogP contribution is -3.05. The Morgan fingerprint density at radius 2 is 1.83 bits per heavy atom. The Labute approximate surface area is 177 Å². The molecule has 0 unspecified atom stereocenters. The van der Waals surface area contributed by atoms with Gasteiger partial charge < -0.3 is 5.32 Å². The molecule has 30 heavy (non-hydrogen) atoms. The summed E-state index contributed by atoms with van der Waals surface area (Å²) in [5.41, 5.74) is 1.53. The van der Waals surface area contributed by atoms with Crippen LogP contribution in [0, 0.1) is 16.0 Å². The molecule has 0 aromatic heterocycles. The highest BCUT2D eigenvalue weighted by molar-refractivity contribution is 6.24. The normalized spacial score (nSPS) is 23.8. The van der Waals surface area contributed by atoms with E-state index >= 15 is 0 Å². The van der Waals surface area contributed by atoms with Gasteiger partial charge in [-0.3, -0.25) is 19.9 Å². The van der Waals surface area contributed by atoms with Gasteiger partial charge in [0.05, 0.1) is 33.4 Å². The monoisotopic (exact) mass is 414 g/mol. The van der Waals surface area contributed by atoms with Crippen LogP contribution in [0.1, 0.15) is 60.3 Å². The maximum absolute atomic E-state index is 13.1. The van der Waals surface area contributed by atoms with E-state index in [-0.39, 0.29) is 28.7 Å². The summed E-state index contributed by atoms with van der Waals surface area (Å²) < 4.78 is 0. The number of piperidine rings is 1. The third kappa shape index (κ3) is 4.92. The number of aliphatic imine (C=N–C) groups is 1. The first-order valence-corrected chi connectivity index (χ1v) is 10.6. The predicted molar refractivity (Wildman–Crippen MR) is 118 cm³/mol. The Morgan fingerprint density at radius 1 is 1.23 bits per heavy atom. The van der Waals surface area contributed by atoms with Crippen LogP contribution in [0.5, 0.6) is 0 Å². The number of nitrogens with two attached hydrogens (primary N) is 1. The van der Waals surface area contributed by atoms with E-state index in [1.54, 1.807) is 18.3 Å². The fourth-order valence-corrected chi connectivity index (χ4v) is 4.80. The number of amides is 1. The number of carbonyl (C=O) groups excluding carboxylic acids is 1. The van der Waals surface area contributed by atoms with Gasteiger partial charge in [0.25, 0.3) is 11.6 Å². The maximum Gasteiger partial charge on any atom is 0.269 e. The number of benzene rings is 1. The van der Waals surface area contributed by atoms with Gasteiger partial charge in [-0.1, -0.05) is 13.3 Å². The lowest BCUT2D eigenvalue weighted by Gasteiger charge is -2.41. The van der Waals surface area contributed by atoms with Gasteiger partial charge in [0.15, 0.2) is 0 Å². The Bertz CT molecular complexity index is 857. The van der Waals surface area contributed by atoms with Crippen molar-refractivity contribution in [2.75, 3.05) is 5.01 Å². The molecule has 0 saturated carbocycles. The van der Waals surface area contributed by atoms with Crippen LogP contribution >= 0.6 is 0 Å². The molecule has 8 nitrogen and oxygen atoms in total. The summed E-state index contributed by atoms with van der Waals surface area (Å²) in [5, 5.41) is 19.2. The van der Waals surface area contributed by atoms with Crippen molar-refractivity contribution in [1.29, 1.82) is 0 Å². The summed E-state index contributed by atoms with van der Waals surface area (Å²) >= 11 is 0. The summed E-state index contributed by atoms with van der Waals surface area (Å²) in [6, 6.07) is 6.07. The highest BCUT2D eigenvalue weighted by Crippen LogP contribution is 2.28. The molecule has 1 fully saturated rings. The van der Waals surface area contributed by atoms with Crippen LogP contribution in [0.3, 0.4) is 0 Å². The summed E-state index contributed by atoms with van der Waals surface area (Å²) in [5.74, 6) is -0.630. The molecule has 1 amide bonds. The third-order valence-corrected chi connectivity index (χ3v) is 5.62. The summed E-state index contributed by atoms with van der Waals surface area (Å²) in [7, 11) is 0. The van der Waals surface area contributed by atoms with Crippen LogP contribution < -0.4 is 10.3 Å². The molecular formula is C22H32N5O3+. The molecule has 0 spiro atoms. The molecule has 0 aliphatic carbocycles. The maximum atomic E-state index is 13.1. The van der Waals surface area contributed by atoms with E-state index in [2.05, 4.69) is 45.0 Å². The number of rotatable bonds is 6. The first-order valence-electron chi connectivity index (χ1n) is 10.6. The van der Waals surface area contributed by atoms with Gasteiger partial charge in [0, 0.05) is 31.2 Å². The number of nitrogens with zero attached hydrogens (tertiary/aromatic N) is 4. The second-order valence-electron chi connectivity index (χ2n) is 9.72. The average molecular weight is 415 g/mol. The largest absolute Gasteiger partial charge is 0.337 e. The van der Waals surface area contributed by atoms with Crippen LogP contribution in [0.25, 0.3) is 0 Å². The zero-order valence-corrected chi connectivity index (χ0v) is 18.5. The van der Waals surface area contributed by atoms with Crippen LogP contribution in [-0.2, 0) is 4.79 Å². The number of nitro benzene ring substituents is 1. The van der Waals surface area contributed by atoms with Gasteiger partial charge in [-0.2, -0.15) is 10.1 Å². The smallest absolute Gasteiger partial charge is 0.269 e. The number of hydrogen-bond acceptors (Lipinski definition) is 5. The molecule has 1 saturated heterocycles. The summed E-state index contributed by atoms with van der Waals surface area (Å²) in [6.45, 7) is 11.0. The number of hydrazone groups is 1. The zero-order chi connectivity index (χ0) is 22.1. The second kappa shape index (κ2) is 8.26. The van der Waals surface area contributed by atoms with Crippen molar-refractivity contribution in [3.05, 3.63) is 34.4 Å². The van der Waals surface area contributed by atoms with E-state index in [0.29, 0.717) is 12.1 Å². The molecule has 162 valence electrons. The molecule has 0 radical (unpaired) electrons. The molecule has 1 aromatic rings. The van der Waals surface area contributed by atoms with Crippen LogP contribution in [0.15, 0.2) is 34.4 Å². The minimum Gasteiger partial charge on any atom is -0.337 e. The van der Waals surface area contributed by atoms with Crippen LogP contribution in [0.2, 0.25) is 0 Å². The van der Waals surface area contributed by atoms with Gasteiger partial charge in [0.2, 0.25) is 0 Å². The number of carbonyl (C=O) groups is 1. The fourth-order valence-electron chi connectivity index (χ4n) is 4.80. The molecule has 8 heteroatoms. The molecule has 2 aliphatic heterocycles. The molecular weight excluding hydrogens is 382 g/mol. The van der Waals surface area contributed by atoms with Crippen molar-refractivity contribution >= 4 is 29.2 Å². The van der Waals surface area contributed by atoms with E-state index in [4.69, 9.17) is 4.99 Å². The predicted octanol–water partition coefficient (Wildman–Crippen LogP) is 3.07. The molecule has 2 N–H and O–H groups in total. The zero-order valence-electron chi connectivity index (χ0n) is 18.5. The van der Waals surface area contributed by atoms with Crippen molar-refractivity contribution in [1.82, 2.24) is 0 Å². The van der Waals surface area contributed by atoms with E-state index in [1.165, 1.54) is 17.1 Å². The highest BCUT2D eigenvalue weighted by atomic mass is 16.6. The molecule has 2 aliphatic rings. The number of quaternary nitrogens is 1. The Kier molecular flexibility index (Phi) is 6.08. The topological polar surface area (TPSA) is 105 Å². The van der Waals surface area contributed by atoms with Crippen LogP contribution in [0.4, 0.5) is 11.4 Å². The molecule has 2 heterocycles. The van der Waals surface area contributed by atoms with Crippen molar-refractivity contribution in [2.24, 2.45) is 16.0 Å². The Hall–Kier alpha value is -2.61. The number of anilines is 1. The summed E-state index contributed by atoms with van der Waals surface area (Å²) in [6.07, 6.45) is 5.29. The van der Waals surface area contributed by atoms with Gasteiger partial charge in [-0.15, -0.1) is 0 Å². The van der Waals surface area contributed by atoms with E-state index in [9.17, 15) is 14.9 Å². The van der Waals surface area contributed by atoms with E-state index < -0.39 is 10.8 Å². The van der Waals surface area contributed by atoms with Crippen LogP contribution in [-0.4, -0.2) is 39.9 Å².